The molecular weight excluding hydrogens is 374 g/mol. The number of amides is 1. The number of aryl methyl sites for hydroxylation is 3. The average molecular weight is 398 g/mol. The van der Waals surface area contributed by atoms with E-state index in [0.717, 1.165) is 28.3 Å². The highest BCUT2D eigenvalue weighted by Crippen LogP contribution is 2.24. The Kier molecular flexibility index (Phi) is 6.71. The van der Waals surface area contributed by atoms with Crippen LogP contribution in [0.25, 0.3) is 0 Å². The van der Waals surface area contributed by atoms with Crippen molar-refractivity contribution in [2.24, 2.45) is 0 Å². The summed E-state index contributed by atoms with van der Waals surface area (Å²) in [7, 11) is 0. The van der Waals surface area contributed by atoms with Crippen molar-refractivity contribution in [3.8, 4) is 5.75 Å². The van der Waals surface area contributed by atoms with Gasteiger partial charge in [0.1, 0.15) is 23.1 Å². The van der Waals surface area contributed by atoms with Crippen LogP contribution in [0.4, 0.5) is 0 Å². The number of carbonyl (C=O) groups excluding carboxylic acids is 1. The van der Waals surface area contributed by atoms with Gasteiger partial charge in [-0.15, -0.1) is 0 Å². The van der Waals surface area contributed by atoms with Crippen LogP contribution in [-0.2, 0) is 5.75 Å². The molecule has 0 bridgehead atoms. The Hall–Kier alpha value is -2.80. The molecule has 1 aromatic carbocycles. The van der Waals surface area contributed by atoms with Gasteiger partial charge in [0.25, 0.3) is 5.91 Å². The van der Waals surface area contributed by atoms with Gasteiger partial charge in [-0.1, -0.05) is 23.0 Å². The predicted molar refractivity (Wildman–Crippen MR) is 109 cm³/mol. The number of nitrogens with zero attached hydrogens (tertiary/aromatic N) is 2. The van der Waals surface area contributed by atoms with Crippen LogP contribution in [0.2, 0.25) is 0 Å². The smallest absolute Gasteiger partial charge is 0.254 e. The maximum Gasteiger partial charge on any atom is 0.254 e. The number of hydrogen-bond donors (Lipinski definition) is 1. The Morgan fingerprint density at radius 3 is 2.68 bits per heavy atom. The molecule has 6 nitrogen and oxygen atoms in total. The van der Waals surface area contributed by atoms with Gasteiger partial charge in [-0.05, 0) is 56.2 Å². The minimum Gasteiger partial charge on any atom is -0.492 e. The molecule has 0 saturated heterocycles. The van der Waals surface area contributed by atoms with Crippen molar-refractivity contribution < 1.29 is 14.1 Å². The van der Waals surface area contributed by atoms with E-state index in [4.69, 9.17) is 9.26 Å². The molecule has 0 saturated carbocycles. The molecule has 2 heterocycles. The summed E-state index contributed by atoms with van der Waals surface area (Å²) in [5.41, 5.74) is 3.66. The van der Waals surface area contributed by atoms with Gasteiger partial charge in [0.05, 0.1) is 17.8 Å². The number of pyridine rings is 1. The Bertz CT molecular complexity index is 935. The summed E-state index contributed by atoms with van der Waals surface area (Å²) in [5, 5.41) is 7.52. The molecule has 28 heavy (non-hydrogen) atoms. The number of aromatic nitrogens is 2. The third-order valence-electron chi connectivity index (χ3n) is 3.90. The van der Waals surface area contributed by atoms with Gasteiger partial charge in [-0.3, -0.25) is 4.79 Å². The third kappa shape index (κ3) is 5.60. The molecule has 3 aromatic rings. The minimum atomic E-state index is -0.170. The van der Waals surface area contributed by atoms with Crippen LogP contribution in [-0.4, -0.2) is 29.2 Å². The second kappa shape index (κ2) is 9.41. The van der Waals surface area contributed by atoms with E-state index in [-0.39, 0.29) is 5.91 Å². The molecule has 0 fully saturated rings. The first-order valence-corrected chi connectivity index (χ1v) is 9.99. The summed E-state index contributed by atoms with van der Waals surface area (Å²) in [6.45, 7) is 6.72. The monoisotopic (exact) mass is 397 g/mol. The van der Waals surface area contributed by atoms with Crippen LogP contribution in [0.5, 0.6) is 5.75 Å². The topological polar surface area (TPSA) is 77.2 Å². The maximum absolute atomic E-state index is 12.5. The third-order valence-corrected chi connectivity index (χ3v) is 4.94. The largest absolute Gasteiger partial charge is 0.492 e. The Balaban J connectivity index is 1.52. The van der Waals surface area contributed by atoms with E-state index in [1.165, 1.54) is 11.8 Å². The van der Waals surface area contributed by atoms with Gasteiger partial charge in [0, 0.05) is 18.0 Å². The van der Waals surface area contributed by atoms with Crippen molar-refractivity contribution in [3.05, 3.63) is 70.7 Å². The molecular formula is C21H23N3O3S. The standard InChI is InChI=1S/C21H23N3O3S/c1-14-9-15(2)11-18(10-14)26-8-7-22-20(25)19-5-4-6-23-21(19)28-13-17-12-16(3)27-24-17/h4-6,9-12H,7-8,13H2,1-3H3,(H,22,25). The zero-order valence-electron chi connectivity index (χ0n) is 16.2. The molecule has 0 aliphatic heterocycles. The number of nitrogens with one attached hydrogen (secondary N) is 1. The molecule has 0 aliphatic carbocycles. The highest BCUT2D eigenvalue weighted by Gasteiger charge is 2.13. The lowest BCUT2D eigenvalue weighted by Crippen LogP contribution is -2.28. The van der Waals surface area contributed by atoms with Crippen molar-refractivity contribution in [2.75, 3.05) is 13.2 Å². The normalized spacial score (nSPS) is 10.7. The molecule has 7 heteroatoms. The summed E-state index contributed by atoms with van der Waals surface area (Å²) >= 11 is 1.46. The summed E-state index contributed by atoms with van der Waals surface area (Å²) in [5.74, 6) is 1.99. The van der Waals surface area contributed by atoms with E-state index < -0.39 is 0 Å². The SMILES string of the molecule is Cc1cc(C)cc(OCCNC(=O)c2cccnc2SCc2cc(C)on2)c1. The van der Waals surface area contributed by atoms with Crippen LogP contribution in [0.15, 0.2) is 52.1 Å². The van der Waals surface area contributed by atoms with E-state index in [9.17, 15) is 4.79 Å². The second-order valence-electron chi connectivity index (χ2n) is 6.50. The van der Waals surface area contributed by atoms with Crippen molar-refractivity contribution >= 4 is 17.7 Å². The molecule has 0 spiro atoms. The lowest BCUT2D eigenvalue weighted by Gasteiger charge is -2.10. The van der Waals surface area contributed by atoms with E-state index in [0.29, 0.717) is 29.5 Å². The molecule has 0 aliphatic rings. The lowest BCUT2D eigenvalue weighted by atomic mass is 10.1. The van der Waals surface area contributed by atoms with Crippen molar-refractivity contribution in [1.82, 2.24) is 15.5 Å². The van der Waals surface area contributed by atoms with Crippen LogP contribution in [0, 0.1) is 20.8 Å². The first kappa shape index (κ1) is 19.9. The highest BCUT2D eigenvalue weighted by molar-refractivity contribution is 7.98. The first-order chi connectivity index (χ1) is 13.5. The van der Waals surface area contributed by atoms with Gasteiger partial charge in [-0.25, -0.2) is 4.98 Å². The van der Waals surface area contributed by atoms with E-state index in [2.05, 4.69) is 21.5 Å². The molecule has 3 rings (SSSR count). The molecule has 0 radical (unpaired) electrons. The van der Waals surface area contributed by atoms with Crippen LogP contribution in [0.1, 0.15) is 32.9 Å². The Morgan fingerprint density at radius 1 is 1.18 bits per heavy atom. The Labute approximate surface area is 168 Å². The Morgan fingerprint density at radius 2 is 1.96 bits per heavy atom. The van der Waals surface area contributed by atoms with Gasteiger partial charge in [0.15, 0.2) is 0 Å². The molecule has 1 N–H and O–H groups in total. The first-order valence-electron chi connectivity index (χ1n) is 9.00. The highest BCUT2D eigenvalue weighted by atomic mass is 32.2. The molecule has 2 aromatic heterocycles. The second-order valence-corrected chi connectivity index (χ2v) is 7.47. The fourth-order valence-electron chi connectivity index (χ4n) is 2.75. The molecule has 0 atom stereocenters. The number of benzene rings is 1. The van der Waals surface area contributed by atoms with Crippen LogP contribution >= 0.6 is 11.8 Å². The molecule has 1 amide bonds. The van der Waals surface area contributed by atoms with Crippen molar-refractivity contribution in [3.63, 3.8) is 0 Å². The lowest BCUT2D eigenvalue weighted by molar-refractivity contribution is 0.0943. The van der Waals surface area contributed by atoms with Gasteiger partial charge >= 0.3 is 0 Å². The number of ether oxygens (including phenoxy) is 1. The summed E-state index contributed by atoms with van der Waals surface area (Å²) in [4.78, 5) is 16.9. The summed E-state index contributed by atoms with van der Waals surface area (Å²) in [6, 6.07) is 11.5. The van der Waals surface area contributed by atoms with Gasteiger partial charge < -0.3 is 14.6 Å². The maximum atomic E-state index is 12.5. The molecule has 0 unspecified atom stereocenters. The van der Waals surface area contributed by atoms with Crippen LogP contribution < -0.4 is 10.1 Å². The van der Waals surface area contributed by atoms with Crippen LogP contribution in [0.3, 0.4) is 0 Å². The van der Waals surface area contributed by atoms with Crippen molar-refractivity contribution in [1.29, 1.82) is 0 Å². The fourth-order valence-corrected chi connectivity index (χ4v) is 3.62. The number of thioether (sulfide) groups is 1. The van der Waals surface area contributed by atoms with Gasteiger partial charge in [-0.2, -0.15) is 0 Å². The fraction of sp³-hybridized carbons (Fsp3) is 0.286. The summed E-state index contributed by atoms with van der Waals surface area (Å²) < 4.78 is 10.8. The van der Waals surface area contributed by atoms with E-state index in [1.807, 2.05) is 39.0 Å². The predicted octanol–water partition coefficient (Wildman–Crippen LogP) is 4.10. The van der Waals surface area contributed by atoms with Gasteiger partial charge in [0.2, 0.25) is 0 Å². The summed E-state index contributed by atoms with van der Waals surface area (Å²) in [6.07, 6.45) is 1.68. The zero-order chi connectivity index (χ0) is 19.9. The van der Waals surface area contributed by atoms with E-state index in [1.54, 1.807) is 18.3 Å². The average Bonchev–Trinajstić information content (AvgIpc) is 3.08. The zero-order valence-corrected chi connectivity index (χ0v) is 17.0. The quantitative estimate of drug-likeness (QED) is 0.456. The number of carbonyl (C=O) groups is 1. The van der Waals surface area contributed by atoms with E-state index >= 15 is 0 Å². The van der Waals surface area contributed by atoms with Crippen molar-refractivity contribution in [2.45, 2.75) is 31.6 Å². The number of hydrogen-bond acceptors (Lipinski definition) is 6. The minimum absolute atomic E-state index is 0.170. The molecule has 146 valence electrons. The number of rotatable bonds is 8.